The molecule has 0 saturated heterocycles. The lowest BCUT2D eigenvalue weighted by Gasteiger charge is -1.99. The molecular formula is C8H16O3. The Kier molecular flexibility index (Phi) is 7.10. The summed E-state index contributed by atoms with van der Waals surface area (Å²) in [5.74, 6) is -0.172. The molecule has 0 atom stereocenters. The quantitative estimate of drug-likeness (QED) is 0.570. The Morgan fingerprint density at radius 1 is 1.18 bits per heavy atom. The molecule has 0 heterocycles. The molecule has 0 aromatic heterocycles. The van der Waals surface area contributed by atoms with Gasteiger partial charge < -0.3 is 5.48 Å². The van der Waals surface area contributed by atoms with Crippen LogP contribution < -0.4 is 0 Å². The van der Waals surface area contributed by atoms with Crippen LogP contribution in [0.5, 0.6) is 0 Å². The summed E-state index contributed by atoms with van der Waals surface area (Å²) in [4.78, 5) is 21.5. The minimum absolute atomic E-state index is 0. The van der Waals surface area contributed by atoms with E-state index in [1.54, 1.807) is 6.92 Å². The predicted octanol–water partition coefficient (Wildman–Crippen LogP) is 0.756. The van der Waals surface area contributed by atoms with Crippen LogP contribution >= 0.6 is 0 Å². The van der Waals surface area contributed by atoms with Crippen molar-refractivity contribution in [1.82, 2.24) is 0 Å². The lowest BCUT2D eigenvalue weighted by molar-refractivity contribution is -0.136. The highest BCUT2D eigenvalue weighted by atomic mass is 16.2. The van der Waals surface area contributed by atoms with Crippen LogP contribution in [0.15, 0.2) is 0 Å². The van der Waals surface area contributed by atoms with Gasteiger partial charge in [-0.2, -0.15) is 0 Å². The molecule has 0 rings (SSSR count). The summed E-state index contributed by atoms with van der Waals surface area (Å²) in [7, 11) is 0. The first-order chi connectivity index (χ1) is 4.57. The van der Waals surface area contributed by atoms with Gasteiger partial charge in [0.25, 0.3) is 0 Å². The summed E-state index contributed by atoms with van der Waals surface area (Å²) in [6.45, 7) is 5.57. The molecule has 0 aromatic rings. The van der Waals surface area contributed by atoms with Crippen LogP contribution in [0.2, 0.25) is 0 Å². The summed E-state index contributed by atoms with van der Waals surface area (Å²) >= 11 is 0. The third-order valence-corrected chi connectivity index (χ3v) is 1.23. The van der Waals surface area contributed by atoms with Gasteiger partial charge in [0.2, 0.25) is 0 Å². The van der Waals surface area contributed by atoms with Crippen molar-refractivity contribution in [3.63, 3.8) is 0 Å². The SMILES string of the molecule is CCC(=O)C(=O)CC(C)C.O. The van der Waals surface area contributed by atoms with E-state index in [1.807, 2.05) is 13.8 Å². The van der Waals surface area contributed by atoms with Crippen LogP contribution in [0.3, 0.4) is 0 Å². The molecule has 0 bridgehead atoms. The van der Waals surface area contributed by atoms with Gasteiger partial charge in [-0.15, -0.1) is 0 Å². The lowest BCUT2D eigenvalue weighted by atomic mass is 10.0. The number of hydrogen-bond acceptors (Lipinski definition) is 2. The van der Waals surface area contributed by atoms with E-state index < -0.39 is 0 Å². The zero-order valence-corrected chi connectivity index (χ0v) is 7.31. The molecule has 0 saturated carbocycles. The minimum atomic E-state index is -0.242. The highest BCUT2D eigenvalue weighted by Gasteiger charge is 2.11. The van der Waals surface area contributed by atoms with E-state index in [0.717, 1.165) is 0 Å². The van der Waals surface area contributed by atoms with Crippen LogP contribution in [-0.4, -0.2) is 17.0 Å². The fourth-order valence-electron chi connectivity index (χ4n) is 0.682. The van der Waals surface area contributed by atoms with E-state index in [4.69, 9.17) is 0 Å². The van der Waals surface area contributed by atoms with Crippen molar-refractivity contribution in [3.05, 3.63) is 0 Å². The molecule has 2 N–H and O–H groups in total. The van der Waals surface area contributed by atoms with Gasteiger partial charge in [-0.3, -0.25) is 9.59 Å². The number of carbonyl (C=O) groups excluding carboxylic acids is 2. The van der Waals surface area contributed by atoms with Gasteiger partial charge in [0.05, 0.1) is 0 Å². The highest BCUT2D eigenvalue weighted by molar-refractivity contribution is 6.37. The van der Waals surface area contributed by atoms with Crippen molar-refractivity contribution in [2.45, 2.75) is 33.6 Å². The topological polar surface area (TPSA) is 65.6 Å². The Balaban J connectivity index is 0. The zero-order chi connectivity index (χ0) is 8.15. The highest BCUT2D eigenvalue weighted by Crippen LogP contribution is 2.01. The maximum Gasteiger partial charge on any atom is 0.198 e. The van der Waals surface area contributed by atoms with Crippen molar-refractivity contribution in [3.8, 4) is 0 Å². The van der Waals surface area contributed by atoms with Gasteiger partial charge >= 0.3 is 0 Å². The molecule has 3 heteroatoms. The van der Waals surface area contributed by atoms with E-state index in [1.165, 1.54) is 0 Å². The zero-order valence-electron chi connectivity index (χ0n) is 7.31. The van der Waals surface area contributed by atoms with E-state index in [2.05, 4.69) is 0 Å². The molecule has 0 unspecified atom stereocenters. The van der Waals surface area contributed by atoms with Crippen molar-refractivity contribution >= 4 is 11.6 Å². The fourth-order valence-corrected chi connectivity index (χ4v) is 0.682. The van der Waals surface area contributed by atoms with Crippen molar-refractivity contribution in [2.75, 3.05) is 0 Å². The Labute approximate surface area is 67.1 Å². The molecule has 0 fully saturated rings. The average molecular weight is 160 g/mol. The molecule has 0 aliphatic heterocycles. The Morgan fingerprint density at radius 3 is 1.91 bits per heavy atom. The maximum atomic E-state index is 10.8. The van der Waals surface area contributed by atoms with Crippen LogP contribution in [0, 0.1) is 5.92 Å². The summed E-state index contributed by atoms with van der Waals surface area (Å²) in [5, 5.41) is 0. The van der Waals surface area contributed by atoms with Gasteiger partial charge in [-0.1, -0.05) is 20.8 Å². The molecule has 0 radical (unpaired) electrons. The first-order valence-corrected chi connectivity index (χ1v) is 3.64. The van der Waals surface area contributed by atoms with Crippen molar-refractivity contribution in [2.24, 2.45) is 5.92 Å². The largest absolute Gasteiger partial charge is 0.412 e. The second-order valence-electron chi connectivity index (χ2n) is 2.80. The normalized spacial score (nSPS) is 9.09. The number of rotatable bonds is 4. The molecule has 0 aliphatic rings. The van der Waals surface area contributed by atoms with Crippen LogP contribution in [0.4, 0.5) is 0 Å². The second-order valence-corrected chi connectivity index (χ2v) is 2.80. The third kappa shape index (κ3) is 5.73. The second kappa shape index (κ2) is 6.04. The smallest absolute Gasteiger partial charge is 0.198 e. The van der Waals surface area contributed by atoms with Gasteiger partial charge in [0.15, 0.2) is 11.6 Å². The molecule has 0 amide bonds. The van der Waals surface area contributed by atoms with E-state index in [0.29, 0.717) is 18.8 Å². The summed E-state index contributed by atoms with van der Waals surface area (Å²) in [5.41, 5.74) is 0. The van der Waals surface area contributed by atoms with Gasteiger partial charge in [-0.05, 0) is 5.92 Å². The molecule has 0 aliphatic carbocycles. The first-order valence-electron chi connectivity index (χ1n) is 3.64. The molecular weight excluding hydrogens is 144 g/mol. The van der Waals surface area contributed by atoms with E-state index >= 15 is 0 Å². The van der Waals surface area contributed by atoms with Crippen molar-refractivity contribution < 1.29 is 15.1 Å². The molecule has 0 spiro atoms. The molecule has 11 heavy (non-hydrogen) atoms. The Morgan fingerprint density at radius 2 is 1.64 bits per heavy atom. The number of Topliss-reactive ketones (excluding diaryl/α,β-unsaturated/α-hetero) is 2. The Hall–Kier alpha value is -0.700. The van der Waals surface area contributed by atoms with Crippen LogP contribution in [0.25, 0.3) is 0 Å². The summed E-state index contributed by atoms with van der Waals surface area (Å²) < 4.78 is 0. The first kappa shape index (κ1) is 12.9. The van der Waals surface area contributed by atoms with Crippen LogP contribution in [0.1, 0.15) is 33.6 Å². The molecule has 3 nitrogen and oxygen atoms in total. The maximum absolute atomic E-state index is 10.8. The predicted molar refractivity (Wildman–Crippen MR) is 43.4 cm³/mol. The Bertz CT molecular complexity index is 138. The number of carbonyl (C=O) groups is 2. The van der Waals surface area contributed by atoms with Gasteiger partial charge in [0.1, 0.15) is 0 Å². The van der Waals surface area contributed by atoms with Gasteiger partial charge in [0, 0.05) is 12.8 Å². The van der Waals surface area contributed by atoms with E-state index in [-0.39, 0.29) is 17.0 Å². The third-order valence-electron chi connectivity index (χ3n) is 1.23. The van der Waals surface area contributed by atoms with E-state index in [9.17, 15) is 9.59 Å². The number of ketones is 2. The lowest BCUT2D eigenvalue weighted by Crippen LogP contribution is -2.14. The average Bonchev–Trinajstić information content (AvgIpc) is 1.85. The summed E-state index contributed by atoms with van der Waals surface area (Å²) in [6, 6.07) is 0. The number of hydrogen-bond donors (Lipinski definition) is 0. The fraction of sp³-hybridized carbons (Fsp3) is 0.750. The monoisotopic (exact) mass is 160 g/mol. The summed E-state index contributed by atoms with van der Waals surface area (Å²) in [6.07, 6.45) is 0.734. The van der Waals surface area contributed by atoms with Crippen molar-refractivity contribution in [1.29, 1.82) is 0 Å². The molecule has 66 valence electrons. The minimum Gasteiger partial charge on any atom is -0.412 e. The van der Waals surface area contributed by atoms with Crippen LogP contribution in [-0.2, 0) is 9.59 Å². The standard InChI is InChI=1S/C8H14O2.H2O/c1-4-7(9)8(10)5-6(2)3;/h6H,4-5H2,1-3H3;1H2. The molecule has 0 aromatic carbocycles. The van der Waals surface area contributed by atoms with Gasteiger partial charge in [-0.25, -0.2) is 0 Å².